The summed E-state index contributed by atoms with van der Waals surface area (Å²) in [5.41, 5.74) is 11.0. The highest BCUT2D eigenvalue weighted by atomic mass is 16.4. The van der Waals surface area contributed by atoms with E-state index < -0.39 is 89.6 Å². The Morgan fingerprint density at radius 1 is 0.705 bits per heavy atom. The number of amides is 8. The summed E-state index contributed by atoms with van der Waals surface area (Å²) in [6.07, 6.45) is 6.67. The van der Waals surface area contributed by atoms with E-state index >= 15 is 0 Å². The zero-order valence-corrected chi connectivity index (χ0v) is 36.7. The lowest BCUT2D eigenvalue weighted by Gasteiger charge is -2.32. The molecule has 0 spiro atoms. The number of carboxylic acids is 1. The van der Waals surface area contributed by atoms with Gasteiger partial charge in [-0.3, -0.25) is 38.4 Å². The summed E-state index contributed by atoms with van der Waals surface area (Å²) >= 11 is 0. The molecule has 8 amide bonds. The lowest BCUT2D eigenvalue weighted by Crippen LogP contribution is -2.59. The molecule has 1 unspecified atom stereocenters. The molecule has 0 aromatic carbocycles. The average molecular weight is 860 g/mol. The Morgan fingerprint density at radius 2 is 1.25 bits per heavy atom. The van der Waals surface area contributed by atoms with Gasteiger partial charge in [0, 0.05) is 38.2 Å². The number of aliphatic carboxylic acids is 1. The van der Waals surface area contributed by atoms with Crippen LogP contribution in [0.15, 0.2) is 12.2 Å². The summed E-state index contributed by atoms with van der Waals surface area (Å²) in [6.45, 7) is 11.8. The number of primary amides is 1. The van der Waals surface area contributed by atoms with Gasteiger partial charge in [0.25, 0.3) is 0 Å². The van der Waals surface area contributed by atoms with Gasteiger partial charge in [-0.25, -0.2) is 4.79 Å². The molecule has 19 nitrogen and oxygen atoms in total. The first-order valence-corrected chi connectivity index (χ1v) is 21.9. The third-order valence-corrected chi connectivity index (χ3v) is 12.1. The first-order chi connectivity index (χ1) is 28.8. The van der Waals surface area contributed by atoms with Gasteiger partial charge in [-0.2, -0.15) is 0 Å². The van der Waals surface area contributed by atoms with Crippen LogP contribution in [-0.4, -0.2) is 142 Å². The maximum absolute atomic E-state index is 14.0. The van der Waals surface area contributed by atoms with Crippen LogP contribution in [0.25, 0.3) is 0 Å². The van der Waals surface area contributed by atoms with Crippen LogP contribution in [0.3, 0.4) is 0 Å². The van der Waals surface area contributed by atoms with Crippen LogP contribution in [0, 0.1) is 17.8 Å². The lowest BCUT2D eigenvalue weighted by molar-refractivity contribution is -0.146. The van der Waals surface area contributed by atoms with Gasteiger partial charge >= 0.3 is 5.97 Å². The first kappa shape index (κ1) is 50.3. The molecule has 9 N–H and O–H groups in total. The maximum atomic E-state index is 14.0. The van der Waals surface area contributed by atoms with Crippen molar-refractivity contribution in [3.8, 4) is 0 Å². The van der Waals surface area contributed by atoms with Crippen molar-refractivity contribution in [2.75, 3.05) is 26.2 Å². The molecule has 3 heterocycles. The number of hydrogen-bond acceptors (Lipinski definition) is 10. The van der Waals surface area contributed by atoms with Crippen molar-refractivity contribution in [3.63, 3.8) is 0 Å². The number of nitrogens with one attached hydrogen (secondary N) is 4. The van der Waals surface area contributed by atoms with Crippen LogP contribution < -0.4 is 32.7 Å². The number of carboxylic acid groups (broad SMARTS) is 1. The highest BCUT2D eigenvalue weighted by Crippen LogP contribution is 2.26. The van der Waals surface area contributed by atoms with E-state index in [1.807, 2.05) is 27.7 Å². The molecule has 0 aromatic heterocycles. The Balaban J connectivity index is 1.76. The molecule has 0 aromatic rings. The molecule has 3 aliphatic rings. The van der Waals surface area contributed by atoms with E-state index in [-0.39, 0.29) is 49.6 Å². The fourth-order valence-corrected chi connectivity index (χ4v) is 8.21. The molecule has 3 aliphatic heterocycles. The van der Waals surface area contributed by atoms with Gasteiger partial charge < -0.3 is 52.5 Å². The SMILES string of the molecule is CC[C@H](C)[C@H](NC(=O)[C@@H]1CCCN1C(=O)/C=C/C(CC(C)C)NC(=O)[C@@H](NC(=O)[C@H](CCC(N)=O)NC(=O)[C@@H]1CCCN1C(=O)[C@@H]1CCCN1C(=O)CN)[C@@H](C)CC)C(=O)O. The van der Waals surface area contributed by atoms with Gasteiger partial charge in [0.1, 0.15) is 36.3 Å². The number of nitrogens with two attached hydrogens (primary N) is 2. The minimum absolute atomic E-state index is 0.0637. The largest absolute Gasteiger partial charge is 0.480 e. The van der Waals surface area contributed by atoms with Crippen molar-refractivity contribution in [2.45, 2.75) is 154 Å². The van der Waals surface area contributed by atoms with Crippen LogP contribution in [0.2, 0.25) is 0 Å². The summed E-state index contributed by atoms with van der Waals surface area (Å²) in [5.74, 6) is -6.14. The van der Waals surface area contributed by atoms with Gasteiger partial charge in [-0.15, -0.1) is 0 Å². The van der Waals surface area contributed by atoms with Gasteiger partial charge in [0.05, 0.1) is 6.54 Å². The highest BCUT2D eigenvalue weighted by Gasteiger charge is 2.43. The Labute approximate surface area is 358 Å². The smallest absolute Gasteiger partial charge is 0.326 e. The van der Waals surface area contributed by atoms with Crippen LogP contribution in [0.5, 0.6) is 0 Å². The average Bonchev–Trinajstić information content (AvgIpc) is 4.02. The Bertz CT molecular complexity index is 1640. The molecule has 0 saturated carbocycles. The predicted molar refractivity (Wildman–Crippen MR) is 225 cm³/mol. The van der Waals surface area contributed by atoms with E-state index in [1.54, 1.807) is 19.9 Å². The summed E-state index contributed by atoms with van der Waals surface area (Å²) in [7, 11) is 0. The molecule has 0 aliphatic carbocycles. The number of rotatable bonds is 22. The van der Waals surface area contributed by atoms with Crippen molar-refractivity contribution < 1.29 is 48.3 Å². The Kier molecular flexibility index (Phi) is 19.6. The molecular weight excluding hydrogens is 791 g/mol. The topological polar surface area (TPSA) is 284 Å². The number of likely N-dealkylation sites (tertiary alicyclic amines) is 3. The van der Waals surface area contributed by atoms with Gasteiger partial charge in [-0.1, -0.05) is 60.5 Å². The molecule has 0 radical (unpaired) electrons. The third kappa shape index (κ3) is 14.0. The van der Waals surface area contributed by atoms with Crippen molar-refractivity contribution in [2.24, 2.45) is 29.2 Å². The second kappa shape index (κ2) is 23.8. The fraction of sp³-hybridized carbons (Fsp3) is 0.738. The number of carbonyl (C=O) groups excluding carboxylic acids is 8. The molecule has 9 atom stereocenters. The van der Waals surface area contributed by atoms with E-state index in [0.717, 1.165) is 0 Å². The molecule has 61 heavy (non-hydrogen) atoms. The van der Waals surface area contributed by atoms with E-state index in [9.17, 15) is 48.3 Å². The quantitative estimate of drug-likeness (QED) is 0.0706. The standard InChI is InChI=1S/C42H69N9O10/c1-7-25(5)35(40(58)45-27(22-24(3)4)15-18-33(53)49-19-9-12-29(49)39(57)48-36(42(60)61)26(6)8-2)47-37(55)28(16-17-32(44)52)46-38(56)30-13-10-21-51(30)41(59)31-14-11-20-50(31)34(54)23-43/h15,18,24-31,35-36H,7-14,16-17,19-23,43H2,1-6H3,(H2,44,52)(H,45,58)(H,46,56)(H,47,55)(H,48,57)(H,60,61)/b18-15+/t25-,26-,27?,28-,29-,30-,31-,35-,36-/m0/s1. The van der Waals surface area contributed by atoms with Crippen molar-refractivity contribution >= 4 is 53.2 Å². The summed E-state index contributed by atoms with van der Waals surface area (Å²) in [4.78, 5) is 122. The van der Waals surface area contributed by atoms with E-state index in [0.29, 0.717) is 70.9 Å². The molecule has 3 saturated heterocycles. The third-order valence-electron chi connectivity index (χ3n) is 12.1. The zero-order chi connectivity index (χ0) is 45.6. The van der Waals surface area contributed by atoms with Crippen LogP contribution in [-0.2, 0) is 43.2 Å². The molecule has 3 rings (SSSR count). The number of hydrogen-bond donors (Lipinski definition) is 7. The molecular formula is C42H69N9O10. The summed E-state index contributed by atoms with van der Waals surface area (Å²) in [6, 6.07) is -6.66. The number of nitrogens with zero attached hydrogens (tertiary/aromatic N) is 3. The molecule has 342 valence electrons. The van der Waals surface area contributed by atoms with E-state index in [4.69, 9.17) is 11.5 Å². The van der Waals surface area contributed by atoms with Crippen LogP contribution >= 0.6 is 0 Å². The summed E-state index contributed by atoms with van der Waals surface area (Å²) < 4.78 is 0. The first-order valence-electron chi connectivity index (χ1n) is 21.9. The highest BCUT2D eigenvalue weighted by molar-refractivity contribution is 5.97. The van der Waals surface area contributed by atoms with E-state index in [1.165, 1.54) is 20.8 Å². The molecule has 3 fully saturated rings. The van der Waals surface area contributed by atoms with Crippen LogP contribution in [0.4, 0.5) is 0 Å². The van der Waals surface area contributed by atoms with E-state index in [2.05, 4.69) is 21.3 Å². The van der Waals surface area contributed by atoms with Crippen molar-refractivity contribution in [3.05, 3.63) is 12.2 Å². The molecule has 0 bridgehead atoms. The monoisotopic (exact) mass is 860 g/mol. The fourth-order valence-electron chi connectivity index (χ4n) is 8.21. The predicted octanol–water partition coefficient (Wildman–Crippen LogP) is -0.0981. The second-order valence-corrected chi connectivity index (χ2v) is 17.1. The Morgan fingerprint density at radius 3 is 1.80 bits per heavy atom. The lowest BCUT2D eigenvalue weighted by atomic mass is 9.96. The zero-order valence-electron chi connectivity index (χ0n) is 36.7. The van der Waals surface area contributed by atoms with Crippen molar-refractivity contribution in [1.29, 1.82) is 0 Å². The van der Waals surface area contributed by atoms with Crippen molar-refractivity contribution in [1.82, 2.24) is 36.0 Å². The minimum Gasteiger partial charge on any atom is -0.480 e. The second-order valence-electron chi connectivity index (χ2n) is 17.1. The van der Waals surface area contributed by atoms with Gasteiger partial charge in [-0.05, 0) is 69.1 Å². The van der Waals surface area contributed by atoms with Gasteiger partial charge in [0.15, 0.2) is 0 Å². The maximum Gasteiger partial charge on any atom is 0.326 e. The number of carbonyl (C=O) groups is 9. The van der Waals surface area contributed by atoms with Gasteiger partial charge in [0.2, 0.25) is 47.3 Å². The molecule has 19 heteroatoms. The normalized spacial score (nSPS) is 22.0. The van der Waals surface area contributed by atoms with Crippen LogP contribution in [0.1, 0.15) is 112 Å². The summed E-state index contributed by atoms with van der Waals surface area (Å²) in [5, 5.41) is 20.7. The Hall–Kier alpha value is -5.07. The minimum atomic E-state index is -1.29.